The largest absolute Gasteiger partial charge is 0.494 e. The van der Waals surface area contributed by atoms with Gasteiger partial charge in [-0.3, -0.25) is 4.79 Å². The van der Waals surface area contributed by atoms with E-state index in [0.717, 1.165) is 64.8 Å². The van der Waals surface area contributed by atoms with Crippen molar-refractivity contribution in [2.24, 2.45) is 10.2 Å². The van der Waals surface area contributed by atoms with Crippen molar-refractivity contribution in [3.8, 4) is 16.9 Å². The summed E-state index contributed by atoms with van der Waals surface area (Å²) in [5.41, 5.74) is 12.7. The highest BCUT2D eigenvalue weighted by atomic mass is 16.5. The van der Waals surface area contributed by atoms with Gasteiger partial charge in [0, 0.05) is 12.6 Å². The molecule has 0 fully saturated rings. The lowest BCUT2D eigenvalue weighted by atomic mass is 10.1. The van der Waals surface area contributed by atoms with E-state index in [1.165, 1.54) is 6.92 Å². The zero-order valence-corrected chi connectivity index (χ0v) is 21.1. The van der Waals surface area contributed by atoms with E-state index >= 15 is 0 Å². The van der Waals surface area contributed by atoms with Crippen LogP contribution in [0.4, 0.5) is 28.4 Å². The maximum Gasteiger partial charge on any atom is 0.221 e. The van der Waals surface area contributed by atoms with E-state index in [9.17, 15) is 4.79 Å². The van der Waals surface area contributed by atoms with Gasteiger partial charge in [-0.25, -0.2) is 0 Å². The van der Waals surface area contributed by atoms with E-state index in [4.69, 9.17) is 4.74 Å². The Kier molecular flexibility index (Phi) is 8.86. The predicted octanol–water partition coefficient (Wildman–Crippen LogP) is 8.35. The molecule has 0 aliphatic carbocycles. The van der Waals surface area contributed by atoms with Crippen LogP contribution in [-0.2, 0) is 4.79 Å². The number of nitrogens with one attached hydrogen (secondary N) is 3. The molecule has 4 rings (SSSR count). The van der Waals surface area contributed by atoms with E-state index in [1.54, 1.807) is 0 Å². The number of benzene rings is 4. The van der Waals surface area contributed by atoms with Crippen molar-refractivity contribution in [3.05, 3.63) is 97.1 Å². The molecule has 3 N–H and O–H groups in total. The maximum absolute atomic E-state index is 11.2. The summed E-state index contributed by atoms with van der Waals surface area (Å²) >= 11 is 0. The Morgan fingerprint density at radius 1 is 0.676 bits per heavy atom. The number of azo groups is 1. The van der Waals surface area contributed by atoms with Gasteiger partial charge in [0.05, 0.1) is 29.4 Å². The molecule has 0 saturated heterocycles. The molecule has 0 saturated carbocycles. The van der Waals surface area contributed by atoms with Gasteiger partial charge in [0.1, 0.15) is 5.75 Å². The lowest BCUT2D eigenvalue weighted by molar-refractivity contribution is -0.114. The Bertz CT molecular complexity index is 1300. The first-order chi connectivity index (χ1) is 18.1. The van der Waals surface area contributed by atoms with Crippen LogP contribution in [0.2, 0.25) is 0 Å². The van der Waals surface area contributed by atoms with Crippen molar-refractivity contribution in [1.82, 2.24) is 0 Å². The van der Waals surface area contributed by atoms with Gasteiger partial charge < -0.3 is 20.9 Å². The minimum atomic E-state index is -0.0837. The van der Waals surface area contributed by atoms with Crippen LogP contribution in [0, 0.1) is 0 Å². The second-order valence-electron chi connectivity index (χ2n) is 8.53. The van der Waals surface area contributed by atoms with Crippen molar-refractivity contribution < 1.29 is 9.53 Å². The van der Waals surface area contributed by atoms with Crippen molar-refractivity contribution >= 4 is 34.3 Å². The molecule has 0 aromatic heterocycles. The fourth-order valence-corrected chi connectivity index (χ4v) is 3.51. The summed E-state index contributed by atoms with van der Waals surface area (Å²) in [6.07, 6.45) is 2.18. The van der Waals surface area contributed by atoms with Gasteiger partial charge in [-0.2, -0.15) is 10.2 Å². The van der Waals surface area contributed by atoms with Gasteiger partial charge in [-0.05, 0) is 90.3 Å². The summed E-state index contributed by atoms with van der Waals surface area (Å²) in [7, 11) is 0. The molecule has 188 valence electrons. The lowest BCUT2D eigenvalue weighted by Gasteiger charge is -2.11. The predicted molar refractivity (Wildman–Crippen MR) is 151 cm³/mol. The van der Waals surface area contributed by atoms with Crippen LogP contribution >= 0.6 is 0 Å². The Labute approximate surface area is 217 Å². The highest BCUT2D eigenvalue weighted by Crippen LogP contribution is 2.26. The number of amides is 1. The lowest BCUT2D eigenvalue weighted by Crippen LogP contribution is -2.08. The quantitative estimate of drug-likeness (QED) is 0.111. The van der Waals surface area contributed by atoms with E-state index < -0.39 is 0 Å². The Balaban J connectivity index is 1.27. The number of nitrogens with zero attached hydrogens (tertiary/aromatic N) is 2. The van der Waals surface area contributed by atoms with Crippen molar-refractivity contribution in [2.45, 2.75) is 26.7 Å². The first-order valence-corrected chi connectivity index (χ1v) is 12.3. The fraction of sp³-hybridized carbons (Fsp3) is 0.167. The third kappa shape index (κ3) is 7.93. The highest BCUT2D eigenvalue weighted by Gasteiger charge is 2.01. The molecular weight excluding hydrogens is 462 g/mol. The maximum atomic E-state index is 11.2. The number of anilines is 3. The van der Waals surface area contributed by atoms with Crippen LogP contribution in [0.25, 0.3) is 11.1 Å². The van der Waals surface area contributed by atoms with Gasteiger partial charge in [-0.15, -0.1) is 0 Å². The van der Waals surface area contributed by atoms with Crippen LogP contribution in [0.15, 0.2) is 107 Å². The standard InChI is InChI=1S/C30H31N5O2/c1-3-4-21-37-30-19-17-29(18-20-30)35-34-28-15-13-27(14-16-28)33-32-26-11-7-24(8-12-26)23-5-9-25(10-6-23)31-22(2)36/h5-20,34-35H,3-4,21H2,1-2H3,(H,31,36)/b33-32+. The van der Waals surface area contributed by atoms with Crippen LogP contribution < -0.4 is 20.9 Å². The zero-order valence-electron chi connectivity index (χ0n) is 21.1. The second kappa shape index (κ2) is 12.9. The normalized spacial score (nSPS) is 10.8. The molecule has 7 nitrogen and oxygen atoms in total. The van der Waals surface area contributed by atoms with Gasteiger partial charge >= 0.3 is 0 Å². The molecule has 7 heteroatoms. The number of hydrogen-bond donors (Lipinski definition) is 3. The SMILES string of the molecule is CCCCOc1ccc(NNc2ccc(/N=N/c3ccc(-c4ccc(NC(C)=O)cc4)cc3)cc2)cc1. The van der Waals surface area contributed by atoms with Crippen molar-refractivity contribution in [2.75, 3.05) is 22.8 Å². The monoisotopic (exact) mass is 493 g/mol. The third-order valence-electron chi connectivity index (χ3n) is 5.53. The number of ether oxygens (including phenoxy) is 1. The summed E-state index contributed by atoms with van der Waals surface area (Å²) in [6.45, 7) is 4.39. The molecule has 0 atom stereocenters. The summed E-state index contributed by atoms with van der Waals surface area (Å²) in [4.78, 5) is 11.2. The molecule has 4 aromatic carbocycles. The molecule has 0 spiro atoms. The Morgan fingerprint density at radius 3 is 1.65 bits per heavy atom. The first kappa shape index (κ1) is 25.4. The Hall–Kier alpha value is -4.65. The molecule has 0 radical (unpaired) electrons. The van der Waals surface area contributed by atoms with Crippen molar-refractivity contribution in [1.29, 1.82) is 0 Å². The molecule has 0 heterocycles. The summed E-state index contributed by atoms with van der Waals surface area (Å²) in [5, 5.41) is 11.5. The molecular formula is C30H31N5O2. The molecule has 0 unspecified atom stereocenters. The second-order valence-corrected chi connectivity index (χ2v) is 8.53. The highest BCUT2D eigenvalue weighted by molar-refractivity contribution is 5.89. The average molecular weight is 494 g/mol. The smallest absolute Gasteiger partial charge is 0.221 e. The molecule has 0 bridgehead atoms. The number of carbonyl (C=O) groups excluding carboxylic acids is 1. The van der Waals surface area contributed by atoms with Gasteiger partial charge in [0.2, 0.25) is 5.91 Å². The first-order valence-electron chi connectivity index (χ1n) is 12.3. The third-order valence-corrected chi connectivity index (χ3v) is 5.53. The number of hydrazine groups is 1. The minimum Gasteiger partial charge on any atom is -0.494 e. The van der Waals surface area contributed by atoms with Crippen LogP contribution in [0.3, 0.4) is 0 Å². The fourth-order valence-electron chi connectivity index (χ4n) is 3.51. The minimum absolute atomic E-state index is 0.0837. The molecule has 0 aliphatic heterocycles. The van der Waals surface area contributed by atoms with Gasteiger partial charge in [0.25, 0.3) is 0 Å². The topological polar surface area (TPSA) is 87.1 Å². The van der Waals surface area contributed by atoms with Gasteiger partial charge in [-0.1, -0.05) is 37.6 Å². The zero-order chi connectivity index (χ0) is 25.9. The number of hydrogen-bond acceptors (Lipinski definition) is 6. The number of unbranched alkanes of at least 4 members (excludes halogenated alkanes) is 1. The molecule has 4 aromatic rings. The molecule has 1 amide bonds. The van der Waals surface area contributed by atoms with E-state index in [0.29, 0.717) is 0 Å². The summed E-state index contributed by atoms with van der Waals surface area (Å²) in [5.74, 6) is 0.792. The summed E-state index contributed by atoms with van der Waals surface area (Å²) in [6, 6.07) is 31.2. The van der Waals surface area contributed by atoms with E-state index in [-0.39, 0.29) is 5.91 Å². The molecule has 0 aliphatic rings. The summed E-state index contributed by atoms with van der Waals surface area (Å²) < 4.78 is 5.69. The van der Waals surface area contributed by atoms with E-state index in [1.807, 2.05) is 97.1 Å². The number of rotatable bonds is 11. The molecule has 37 heavy (non-hydrogen) atoms. The Morgan fingerprint density at radius 2 is 1.14 bits per heavy atom. The van der Waals surface area contributed by atoms with Crippen LogP contribution in [0.5, 0.6) is 5.75 Å². The van der Waals surface area contributed by atoms with Gasteiger partial charge in [0.15, 0.2) is 0 Å². The average Bonchev–Trinajstić information content (AvgIpc) is 2.93. The van der Waals surface area contributed by atoms with Crippen LogP contribution in [0.1, 0.15) is 26.7 Å². The van der Waals surface area contributed by atoms with Crippen molar-refractivity contribution in [3.63, 3.8) is 0 Å². The van der Waals surface area contributed by atoms with Crippen LogP contribution in [-0.4, -0.2) is 12.5 Å². The number of carbonyl (C=O) groups is 1. The van der Waals surface area contributed by atoms with E-state index in [2.05, 4.69) is 33.3 Å².